The van der Waals surface area contributed by atoms with E-state index in [1.54, 1.807) is 13.1 Å². The summed E-state index contributed by atoms with van der Waals surface area (Å²) in [5.74, 6) is -0.611. The van der Waals surface area contributed by atoms with Crippen LogP contribution in [0.1, 0.15) is 19.0 Å². The van der Waals surface area contributed by atoms with Crippen molar-refractivity contribution >= 4 is 11.8 Å². The minimum atomic E-state index is -0.464. The van der Waals surface area contributed by atoms with E-state index in [9.17, 15) is 9.59 Å². The summed E-state index contributed by atoms with van der Waals surface area (Å²) < 4.78 is 4.72. The largest absolute Gasteiger partial charge is 0.466 e. The van der Waals surface area contributed by atoms with E-state index >= 15 is 0 Å². The summed E-state index contributed by atoms with van der Waals surface area (Å²) in [7, 11) is 1.82. The van der Waals surface area contributed by atoms with Crippen LogP contribution in [0.3, 0.4) is 0 Å². The number of esters is 1. The first-order valence-corrected chi connectivity index (χ1v) is 5.87. The smallest absolute Gasteiger partial charge is 0.313 e. The molecule has 0 aliphatic rings. The van der Waals surface area contributed by atoms with Crippen LogP contribution >= 0.6 is 0 Å². The Balaban J connectivity index is 2.34. The van der Waals surface area contributed by atoms with Crippen LogP contribution in [0, 0.1) is 0 Å². The third kappa shape index (κ3) is 5.54. The van der Waals surface area contributed by atoms with Gasteiger partial charge in [-0.05, 0) is 26.1 Å². The van der Waals surface area contributed by atoms with Crippen LogP contribution in [0.15, 0.2) is 24.4 Å². The number of aromatic nitrogens is 1. The number of nitrogens with zero attached hydrogens (tertiary/aromatic N) is 2. The Hall–Kier alpha value is -1.75. The van der Waals surface area contributed by atoms with Crippen LogP contribution in [0.2, 0.25) is 0 Å². The number of hydrogen-bond donors (Lipinski definition) is 0. The second-order valence-corrected chi connectivity index (χ2v) is 4.01. The minimum Gasteiger partial charge on any atom is -0.466 e. The van der Waals surface area contributed by atoms with Crippen molar-refractivity contribution in [2.45, 2.75) is 19.9 Å². The van der Waals surface area contributed by atoms with Gasteiger partial charge in [-0.25, -0.2) is 0 Å². The SMILES string of the molecule is CCOC(=O)CC(=O)CN(C)Cc1ccccn1. The third-order valence-corrected chi connectivity index (χ3v) is 2.25. The highest BCUT2D eigenvalue weighted by molar-refractivity contribution is 5.96. The van der Waals surface area contributed by atoms with Gasteiger partial charge >= 0.3 is 5.97 Å². The molecule has 0 atom stereocenters. The lowest BCUT2D eigenvalue weighted by Crippen LogP contribution is -2.27. The Labute approximate surface area is 107 Å². The fourth-order valence-electron chi connectivity index (χ4n) is 1.55. The second kappa shape index (κ2) is 7.55. The summed E-state index contributed by atoms with van der Waals surface area (Å²) >= 11 is 0. The molecule has 98 valence electrons. The van der Waals surface area contributed by atoms with Crippen LogP contribution in [-0.4, -0.2) is 41.8 Å². The van der Waals surface area contributed by atoms with Crippen molar-refractivity contribution in [2.75, 3.05) is 20.2 Å². The fraction of sp³-hybridized carbons (Fsp3) is 0.462. The van der Waals surface area contributed by atoms with E-state index < -0.39 is 5.97 Å². The molecule has 18 heavy (non-hydrogen) atoms. The van der Waals surface area contributed by atoms with Crippen molar-refractivity contribution in [3.05, 3.63) is 30.1 Å². The molecule has 0 N–H and O–H groups in total. The van der Waals surface area contributed by atoms with E-state index in [2.05, 4.69) is 4.98 Å². The highest BCUT2D eigenvalue weighted by Crippen LogP contribution is 1.99. The van der Waals surface area contributed by atoms with Crippen LogP contribution in [0.25, 0.3) is 0 Å². The lowest BCUT2D eigenvalue weighted by molar-refractivity contribution is -0.145. The number of ketones is 1. The van der Waals surface area contributed by atoms with Crippen LogP contribution < -0.4 is 0 Å². The zero-order valence-corrected chi connectivity index (χ0v) is 10.8. The number of ether oxygens (including phenoxy) is 1. The number of hydrogen-bond acceptors (Lipinski definition) is 5. The number of carbonyl (C=O) groups excluding carboxylic acids is 2. The first-order chi connectivity index (χ1) is 8.61. The molecule has 5 nitrogen and oxygen atoms in total. The first-order valence-electron chi connectivity index (χ1n) is 5.87. The molecule has 0 aliphatic carbocycles. The normalized spacial score (nSPS) is 10.4. The van der Waals surface area contributed by atoms with Gasteiger partial charge in [0.1, 0.15) is 6.42 Å². The van der Waals surface area contributed by atoms with Gasteiger partial charge in [-0.15, -0.1) is 0 Å². The summed E-state index contributed by atoms with van der Waals surface area (Å²) in [6.07, 6.45) is 1.55. The van der Waals surface area contributed by atoms with Crippen LogP contribution in [-0.2, 0) is 20.9 Å². The Kier molecular flexibility index (Phi) is 6.00. The molecule has 0 amide bonds. The topological polar surface area (TPSA) is 59.5 Å². The molecule has 1 rings (SSSR count). The lowest BCUT2D eigenvalue weighted by Gasteiger charge is -2.14. The van der Waals surface area contributed by atoms with Crippen LogP contribution in [0.5, 0.6) is 0 Å². The molecule has 0 unspecified atom stereocenters. The van der Waals surface area contributed by atoms with E-state index in [1.165, 1.54) is 0 Å². The average Bonchev–Trinajstić information content (AvgIpc) is 2.29. The van der Waals surface area contributed by atoms with Crippen molar-refractivity contribution in [3.8, 4) is 0 Å². The van der Waals surface area contributed by atoms with Crippen LogP contribution in [0.4, 0.5) is 0 Å². The van der Waals surface area contributed by atoms with E-state index in [-0.39, 0.29) is 18.7 Å². The Morgan fingerprint density at radius 3 is 2.78 bits per heavy atom. The molecule has 5 heteroatoms. The van der Waals surface area contributed by atoms with Gasteiger partial charge in [0.2, 0.25) is 0 Å². The standard InChI is InChI=1S/C13H18N2O3/c1-3-18-13(17)8-12(16)10-15(2)9-11-6-4-5-7-14-11/h4-7H,3,8-10H2,1-2H3. The zero-order chi connectivity index (χ0) is 13.4. The van der Waals surface area contributed by atoms with Gasteiger partial charge in [-0.3, -0.25) is 19.5 Å². The van der Waals surface area contributed by atoms with E-state index in [0.29, 0.717) is 13.2 Å². The van der Waals surface area contributed by atoms with Gasteiger partial charge in [0.25, 0.3) is 0 Å². The van der Waals surface area contributed by atoms with Gasteiger partial charge in [-0.2, -0.15) is 0 Å². The molecule has 0 radical (unpaired) electrons. The van der Waals surface area contributed by atoms with Crippen molar-refractivity contribution < 1.29 is 14.3 Å². The fourth-order valence-corrected chi connectivity index (χ4v) is 1.55. The molecule has 1 aromatic heterocycles. The molecule has 0 saturated heterocycles. The van der Waals surface area contributed by atoms with E-state index in [0.717, 1.165) is 5.69 Å². The number of pyridine rings is 1. The predicted molar refractivity (Wildman–Crippen MR) is 66.8 cm³/mol. The average molecular weight is 250 g/mol. The second-order valence-electron chi connectivity index (χ2n) is 4.01. The number of rotatable bonds is 7. The first kappa shape index (κ1) is 14.3. The van der Waals surface area contributed by atoms with E-state index in [1.807, 2.05) is 30.1 Å². The summed E-state index contributed by atoms with van der Waals surface area (Å²) in [5, 5.41) is 0. The van der Waals surface area contributed by atoms with Gasteiger partial charge < -0.3 is 4.74 Å². The summed E-state index contributed by atoms with van der Waals surface area (Å²) in [6, 6.07) is 5.64. The van der Waals surface area contributed by atoms with Gasteiger partial charge in [0.05, 0.1) is 18.8 Å². The highest BCUT2D eigenvalue weighted by atomic mass is 16.5. The van der Waals surface area contributed by atoms with Gasteiger partial charge in [-0.1, -0.05) is 6.07 Å². The van der Waals surface area contributed by atoms with Gasteiger partial charge in [0.15, 0.2) is 5.78 Å². The lowest BCUT2D eigenvalue weighted by atomic mass is 10.2. The molecule has 1 aromatic rings. The van der Waals surface area contributed by atoms with Crippen molar-refractivity contribution in [2.24, 2.45) is 0 Å². The summed E-state index contributed by atoms with van der Waals surface area (Å²) in [4.78, 5) is 28.7. The molecule has 1 heterocycles. The molecule has 0 spiro atoms. The highest BCUT2D eigenvalue weighted by Gasteiger charge is 2.12. The molecular weight excluding hydrogens is 232 g/mol. The molecular formula is C13H18N2O3. The van der Waals surface area contributed by atoms with Gasteiger partial charge in [0, 0.05) is 12.7 Å². The van der Waals surface area contributed by atoms with Crippen molar-refractivity contribution in [1.82, 2.24) is 9.88 Å². The van der Waals surface area contributed by atoms with E-state index in [4.69, 9.17) is 4.74 Å². The van der Waals surface area contributed by atoms with Crippen molar-refractivity contribution in [1.29, 1.82) is 0 Å². The summed E-state index contributed by atoms with van der Waals surface area (Å²) in [5.41, 5.74) is 0.893. The molecule has 0 bridgehead atoms. The molecule has 0 saturated carbocycles. The molecule has 0 aromatic carbocycles. The summed E-state index contributed by atoms with van der Waals surface area (Å²) in [6.45, 7) is 2.82. The Morgan fingerprint density at radius 1 is 1.39 bits per heavy atom. The monoisotopic (exact) mass is 250 g/mol. The maximum Gasteiger partial charge on any atom is 0.313 e. The Morgan fingerprint density at radius 2 is 2.17 bits per heavy atom. The maximum absolute atomic E-state index is 11.6. The quantitative estimate of drug-likeness (QED) is 0.534. The predicted octanol–water partition coefficient (Wildman–Crippen LogP) is 1.04. The molecule has 0 aliphatic heterocycles. The maximum atomic E-state index is 11.6. The number of likely N-dealkylation sites (N-methyl/N-ethyl adjacent to an activating group) is 1. The number of carbonyl (C=O) groups is 2. The Bertz CT molecular complexity index is 392. The third-order valence-electron chi connectivity index (χ3n) is 2.25. The zero-order valence-electron chi connectivity index (χ0n) is 10.8. The minimum absolute atomic E-state index is 0.146. The molecule has 0 fully saturated rings. The van der Waals surface area contributed by atoms with Crippen molar-refractivity contribution in [3.63, 3.8) is 0 Å². The number of Topliss-reactive ketones (excluding diaryl/α,β-unsaturated/α-hetero) is 1.